The van der Waals surface area contributed by atoms with E-state index in [2.05, 4.69) is 20.9 Å². The number of nitrogens with two attached hydrogens (primary N) is 1. The van der Waals surface area contributed by atoms with Crippen LogP contribution in [-0.2, 0) is 6.42 Å². The van der Waals surface area contributed by atoms with Crippen molar-refractivity contribution in [2.24, 2.45) is 0 Å². The highest BCUT2D eigenvalue weighted by molar-refractivity contribution is 9.10. The molecule has 16 heavy (non-hydrogen) atoms. The Bertz CT molecular complexity index is 570. The van der Waals surface area contributed by atoms with E-state index in [1.165, 1.54) is 0 Å². The van der Waals surface area contributed by atoms with Crippen molar-refractivity contribution in [3.8, 4) is 0 Å². The molecule has 0 saturated heterocycles. The number of rotatable bonds is 1. The second-order valence-corrected chi connectivity index (χ2v) is 5.05. The van der Waals surface area contributed by atoms with E-state index in [0.717, 1.165) is 22.0 Å². The van der Waals surface area contributed by atoms with Gasteiger partial charge in [-0.3, -0.25) is 4.98 Å². The Balaban J connectivity index is 2.90. The van der Waals surface area contributed by atoms with E-state index >= 15 is 0 Å². The van der Waals surface area contributed by atoms with Crippen molar-refractivity contribution in [3.63, 3.8) is 0 Å². The molecule has 2 aromatic rings. The fourth-order valence-electron chi connectivity index (χ4n) is 1.53. The lowest BCUT2D eigenvalue weighted by atomic mass is 10.1. The normalized spacial score (nSPS) is 11.0. The number of hydrogen-bond acceptors (Lipinski definition) is 2. The Morgan fingerprint density at radius 2 is 2.00 bits per heavy atom. The quantitative estimate of drug-likeness (QED) is 0.789. The number of benzene rings is 1. The Morgan fingerprint density at radius 3 is 2.62 bits per heavy atom. The number of anilines is 1. The monoisotopic (exact) mass is 318 g/mol. The minimum atomic E-state index is 0.438. The molecule has 1 heterocycles. The molecular weight excluding hydrogens is 311 g/mol. The minimum Gasteiger partial charge on any atom is -0.398 e. The zero-order valence-electron chi connectivity index (χ0n) is 8.52. The van der Waals surface area contributed by atoms with Crippen molar-refractivity contribution >= 4 is 55.7 Å². The van der Waals surface area contributed by atoms with Crippen LogP contribution in [0.2, 0.25) is 10.0 Å². The van der Waals surface area contributed by atoms with Crippen molar-refractivity contribution in [1.29, 1.82) is 0 Å². The molecule has 0 unspecified atom stereocenters. The fraction of sp³-hybridized carbons (Fsp3) is 0.182. The van der Waals surface area contributed by atoms with Crippen LogP contribution in [0.4, 0.5) is 5.69 Å². The van der Waals surface area contributed by atoms with Gasteiger partial charge >= 0.3 is 0 Å². The van der Waals surface area contributed by atoms with Crippen molar-refractivity contribution in [2.75, 3.05) is 5.73 Å². The number of aryl methyl sites for hydroxylation is 1. The van der Waals surface area contributed by atoms with Crippen LogP contribution in [-0.4, -0.2) is 4.98 Å². The van der Waals surface area contributed by atoms with E-state index in [0.29, 0.717) is 21.2 Å². The molecule has 0 saturated carbocycles. The van der Waals surface area contributed by atoms with Crippen molar-refractivity contribution < 1.29 is 0 Å². The van der Waals surface area contributed by atoms with Crippen LogP contribution in [0.5, 0.6) is 0 Å². The van der Waals surface area contributed by atoms with Gasteiger partial charge in [-0.25, -0.2) is 0 Å². The number of nitrogen functional groups attached to an aromatic ring is 1. The van der Waals surface area contributed by atoms with Crippen LogP contribution in [0, 0.1) is 0 Å². The summed E-state index contributed by atoms with van der Waals surface area (Å²) in [4.78, 5) is 4.44. The zero-order chi connectivity index (χ0) is 11.9. The van der Waals surface area contributed by atoms with Gasteiger partial charge in [0, 0.05) is 21.2 Å². The van der Waals surface area contributed by atoms with E-state index in [4.69, 9.17) is 28.9 Å². The molecule has 84 valence electrons. The summed E-state index contributed by atoms with van der Waals surface area (Å²) in [5, 5.41) is 1.72. The van der Waals surface area contributed by atoms with Crippen LogP contribution in [0.15, 0.2) is 16.6 Å². The van der Waals surface area contributed by atoms with E-state index in [1.807, 2.05) is 19.1 Å². The van der Waals surface area contributed by atoms with Gasteiger partial charge in [0.1, 0.15) is 0 Å². The van der Waals surface area contributed by atoms with Gasteiger partial charge in [0.15, 0.2) is 0 Å². The highest BCUT2D eigenvalue weighted by Gasteiger charge is 2.12. The standard InChI is InChI=1S/C11H9BrCl2N2/c1-2-5-3-8(15)6-4-7(12)9(13)10(14)11(6)16-5/h3-4H,2H2,1H3,(H2,15,16). The number of hydrogen-bond donors (Lipinski definition) is 1. The van der Waals surface area contributed by atoms with Gasteiger partial charge in [0.25, 0.3) is 0 Å². The predicted octanol–water partition coefficient (Wildman–Crippen LogP) is 4.45. The average molecular weight is 320 g/mol. The van der Waals surface area contributed by atoms with Gasteiger partial charge in [0.2, 0.25) is 0 Å². The summed E-state index contributed by atoms with van der Waals surface area (Å²) in [6.45, 7) is 2.02. The molecule has 0 radical (unpaired) electrons. The maximum Gasteiger partial charge on any atom is 0.0928 e. The lowest BCUT2D eigenvalue weighted by Gasteiger charge is -2.08. The molecule has 1 aromatic heterocycles. The van der Waals surface area contributed by atoms with Crippen LogP contribution in [0.1, 0.15) is 12.6 Å². The number of aromatic nitrogens is 1. The first-order valence-corrected chi connectivity index (χ1v) is 6.32. The first-order valence-electron chi connectivity index (χ1n) is 4.77. The molecule has 0 aliphatic heterocycles. The van der Waals surface area contributed by atoms with Crippen molar-refractivity contribution in [1.82, 2.24) is 4.98 Å². The third-order valence-corrected chi connectivity index (χ3v) is 4.10. The topological polar surface area (TPSA) is 38.9 Å². The molecule has 0 fully saturated rings. The highest BCUT2D eigenvalue weighted by atomic mass is 79.9. The molecule has 0 aliphatic rings. The highest BCUT2D eigenvalue weighted by Crippen LogP contribution is 2.38. The van der Waals surface area contributed by atoms with Crippen LogP contribution < -0.4 is 5.73 Å². The van der Waals surface area contributed by atoms with E-state index < -0.39 is 0 Å². The van der Waals surface area contributed by atoms with Crippen molar-refractivity contribution in [2.45, 2.75) is 13.3 Å². The Morgan fingerprint density at radius 1 is 1.31 bits per heavy atom. The maximum absolute atomic E-state index is 6.15. The molecule has 0 spiro atoms. The summed E-state index contributed by atoms with van der Waals surface area (Å²) in [6.07, 6.45) is 0.810. The fourth-order valence-corrected chi connectivity index (χ4v) is 2.46. The smallest absolute Gasteiger partial charge is 0.0928 e. The second kappa shape index (κ2) is 4.40. The van der Waals surface area contributed by atoms with E-state index in [9.17, 15) is 0 Å². The van der Waals surface area contributed by atoms with Gasteiger partial charge in [-0.1, -0.05) is 30.1 Å². The molecule has 0 amide bonds. The largest absolute Gasteiger partial charge is 0.398 e. The summed E-state index contributed by atoms with van der Waals surface area (Å²) in [5.74, 6) is 0. The molecule has 2 N–H and O–H groups in total. The van der Waals surface area contributed by atoms with Gasteiger partial charge in [0.05, 0.1) is 15.6 Å². The zero-order valence-corrected chi connectivity index (χ0v) is 11.6. The molecule has 0 atom stereocenters. The van der Waals surface area contributed by atoms with Crippen LogP contribution in [0.25, 0.3) is 10.9 Å². The molecule has 1 aromatic carbocycles. The predicted molar refractivity (Wildman–Crippen MR) is 73.3 cm³/mol. The second-order valence-electron chi connectivity index (χ2n) is 3.44. The van der Waals surface area contributed by atoms with Gasteiger partial charge < -0.3 is 5.73 Å². The molecule has 2 nitrogen and oxygen atoms in total. The molecule has 2 rings (SSSR count). The Hall–Kier alpha value is -0.510. The lowest BCUT2D eigenvalue weighted by molar-refractivity contribution is 1.06. The van der Waals surface area contributed by atoms with E-state index in [1.54, 1.807) is 0 Å². The molecular formula is C11H9BrCl2N2. The van der Waals surface area contributed by atoms with Crippen LogP contribution in [0.3, 0.4) is 0 Å². The lowest BCUT2D eigenvalue weighted by Crippen LogP contribution is -1.95. The summed E-state index contributed by atoms with van der Waals surface area (Å²) >= 11 is 15.5. The molecule has 5 heteroatoms. The first kappa shape index (κ1) is 12.0. The number of nitrogens with zero attached hydrogens (tertiary/aromatic N) is 1. The summed E-state index contributed by atoms with van der Waals surface area (Å²) in [7, 11) is 0. The van der Waals surface area contributed by atoms with Gasteiger partial charge in [-0.15, -0.1) is 0 Å². The number of pyridine rings is 1. The van der Waals surface area contributed by atoms with E-state index in [-0.39, 0.29) is 0 Å². The average Bonchev–Trinajstić information content (AvgIpc) is 2.27. The summed E-state index contributed by atoms with van der Waals surface area (Å²) < 4.78 is 0.726. The minimum absolute atomic E-state index is 0.438. The third-order valence-electron chi connectivity index (χ3n) is 2.39. The Labute approximate surface area is 112 Å². The Kier molecular flexibility index (Phi) is 3.29. The first-order chi connectivity index (χ1) is 7.54. The number of halogens is 3. The maximum atomic E-state index is 6.15. The van der Waals surface area contributed by atoms with Gasteiger partial charge in [-0.2, -0.15) is 0 Å². The summed E-state index contributed by atoms with van der Waals surface area (Å²) in [6, 6.07) is 3.70. The van der Waals surface area contributed by atoms with Gasteiger partial charge in [-0.05, 0) is 34.5 Å². The van der Waals surface area contributed by atoms with Crippen molar-refractivity contribution in [3.05, 3.63) is 32.3 Å². The number of fused-ring (bicyclic) bond motifs is 1. The molecule has 0 bridgehead atoms. The molecule has 0 aliphatic carbocycles. The van der Waals surface area contributed by atoms with Crippen LogP contribution >= 0.6 is 39.1 Å². The summed E-state index contributed by atoms with van der Waals surface area (Å²) in [5.41, 5.74) is 8.19. The third kappa shape index (κ3) is 1.88. The SMILES string of the molecule is CCc1cc(N)c2cc(Br)c(Cl)c(Cl)c2n1.